The molecule has 1 aliphatic carbocycles. The highest BCUT2D eigenvalue weighted by Crippen LogP contribution is 2.19. The van der Waals surface area contributed by atoms with Crippen molar-refractivity contribution in [3.8, 4) is 5.75 Å². The number of carbonyl (C=O) groups is 1. The molecule has 0 bridgehead atoms. The first-order valence-electron chi connectivity index (χ1n) is 7.51. The van der Waals surface area contributed by atoms with Crippen molar-refractivity contribution in [2.75, 3.05) is 6.61 Å². The molecule has 0 radical (unpaired) electrons. The van der Waals surface area contributed by atoms with Crippen LogP contribution in [0.25, 0.3) is 0 Å². The molecule has 1 aromatic carbocycles. The summed E-state index contributed by atoms with van der Waals surface area (Å²) in [7, 11) is 0. The molecule has 116 valence electrons. The zero-order valence-electron chi connectivity index (χ0n) is 12.1. The van der Waals surface area contributed by atoms with Crippen molar-refractivity contribution in [3.05, 3.63) is 29.3 Å². The number of hydrogen-bond donors (Lipinski definition) is 2. The Labute approximate surface area is 130 Å². The van der Waals surface area contributed by atoms with Crippen LogP contribution in [0.2, 0.25) is 5.02 Å². The van der Waals surface area contributed by atoms with Crippen LogP contribution in [0.5, 0.6) is 5.75 Å². The summed E-state index contributed by atoms with van der Waals surface area (Å²) in [4.78, 5) is 11.9. The molecule has 1 aromatic rings. The van der Waals surface area contributed by atoms with Gasteiger partial charge in [0.1, 0.15) is 5.75 Å². The summed E-state index contributed by atoms with van der Waals surface area (Å²) in [5.74, 6) is 0.577. The van der Waals surface area contributed by atoms with Crippen molar-refractivity contribution in [3.63, 3.8) is 0 Å². The Morgan fingerprint density at radius 3 is 2.95 bits per heavy atom. The van der Waals surface area contributed by atoms with Gasteiger partial charge >= 0.3 is 0 Å². The Balaban J connectivity index is 1.71. The quantitative estimate of drug-likeness (QED) is 0.822. The van der Waals surface area contributed by atoms with Gasteiger partial charge in [-0.3, -0.25) is 4.79 Å². The van der Waals surface area contributed by atoms with Crippen LogP contribution >= 0.6 is 11.6 Å². The minimum absolute atomic E-state index is 0.0806. The van der Waals surface area contributed by atoms with E-state index in [2.05, 4.69) is 5.32 Å². The monoisotopic (exact) mass is 311 g/mol. The zero-order valence-corrected chi connectivity index (χ0v) is 12.8. The molecule has 1 amide bonds. The highest BCUT2D eigenvalue weighted by atomic mass is 35.5. The molecule has 4 nitrogen and oxygen atoms in total. The number of ether oxygens (including phenoxy) is 1. The molecule has 5 heteroatoms. The number of carbonyl (C=O) groups excluding carboxylic acids is 1. The lowest BCUT2D eigenvalue weighted by Crippen LogP contribution is -2.43. The fourth-order valence-corrected chi connectivity index (χ4v) is 2.73. The highest BCUT2D eigenvalue weighted by molar-refractivity contribution is 6.30. The van der Waals surface area contributed by atoms with Crippen LogP contribution < -0.4 is 10.1 Å². The molecular formula is C16H22ClNO3. The lowest BCUT2D eigenvalue weighted by Gasteiger charge is -2.21. The smallest absolute Gasteiger partial charge is 0.223 e. The second-order valence-corrected chi connectivity index (χ2v) is 5.87. The molecule has 2 rings (SSSR count). The van der Waals surface area contributed by atoms with E-state index in [0.29, 0.717) is 17.4 Å². The van der Waals surface area contributed by atoms with Crippen molar-refractivity contribution in [1.82, 2.24) is 5.32 Å². The van der Waals surface area contributed by atoms with Gasteiger partial charge < -0.3 is 15.2 Å². The third-order valence-corrected chi connectivity index (χ3v) is 3.95. The van der Waals surface area contributed by atoms with Crippen LogP contribution in [0.3, 0.4) is 0 Å². The van der Waals surface area contributed by atoms with E-state index in [9.17, 15) is 9.90 Å². The third kappa shape index (κ3) is 5.56. The van der Waals surface area contributed by atoms with Crippen molar-refractivity contribution in [2.45, 2.75) is 50.7 Å². The molecule has 0 aliphatic heterocycles. The van der Waals surface area contributed by atoms with Gasteiger partial charge in [-0.25, -0.2) is 0 Å². The minimum Gasteiger partial charge on any atom is -0.493 e. The third-order valence-electron chi connectivity index (χ3n) is 3.72. The maximum absolute atomic E-state index is 11.9. The van der Waals surface area contributed by atoms with Crippen molar-refractivity contribution in [1.29, 1.82) is 0 Å². The van der Waals surface area contributed by atoms with Gasteiger partial charge in [0, 0.05) is 5.02 Å². The van der Waals surface area contributed by atoms with Crippen molar-refractivity contribution in [2.24, 2.45) is 0 Å². The molecule has 0 saturated heterocycles. The summed E-state index contributed by atoms with van der Waals surface area (Å²) in [6.45, 7) is 0.301. The van der Waals surface area contributed by atoms with Gasteiger partial charge in [-0.1, -0.05) is 36.9 Å². The topological polar surface area (TPSA) is 58.6 Å². The SMILES string of the molecule is O=C(CCOc1cccc(Cl)c1)NC1CCCCCC1O. The van der Waals surface area contributed by atoms with Gasteiger partial charge in [-0.15, -0.1) is 0 Å². The number of rotatable bonds is 5. The van der Waals surface area contributed by atoms with Crippen molar-refractivity contribution >= 4 is 17.5 Å². The normalized spacial score (nSPS) is 22.4. The first-order chi connectivity index (χ1) is 10.1. The number of halogens is 1. The van der Waals surface area contributed by atoms with E-state index in [0.717, 1.165) is 32.1 Å². The lowest BCUT2D eigenvalue weighted by molar-refractivity contribution is -0.123. The predicted octanol–water partition coefficient (Wildman–Crippen LogP) is 2.92. The molecular weight excluding hydrogens is 290 g/mol. The lowest BCUT2D eigenvalue weighted by atomic mass is 10.1. The Hall–Kier alpha value is -1.26. The number of benzene rings is 1. The first kappa shape index (κ1) is 16.1. The number of aliphatic hydroxyl groups excluding tert-OH is 1. The molecule has 21 heavy (non-hydrogen) atoms. The Kier molecular flexibility index (Phi) is 6.33. The molecule has 1 aliphatic rings. The second kappa shape index (κ2) is 8.25. The fourth-order valence-electron chi connectivity index (χ4n) is 2.55. The molecule has 1 saturated carbocycles. The summed E-state index contributed by atoms with van der Waals surface area (Å²) < 4.78 is 5.49. The Bertz CT molecular complexity index is 467. The van der Waals surface area contributed by atoms with Crippen LogP contribution in [0.1, 0.15) is 38.5 Å². The number of hydrogen-bond acceptors (Lipinski definition) is 3. The predicted molar refractivity (Wildman–Crippen MR) is 82.6 cm³/mol. The van der Waals surface area contributed by atoms with Crippen LogP contribution in [-0.2, 0) is 4.79 Å². The number of aliphatic hydroxyl groups is 1. The van der Waals surface area contributed by atoms with Crippen LogP contribution in [-0.4, -0.2) is 29.8 Å². The molecule has 2 N–H and O–H groups in total. The fraction of sp³-hybridized carbons (Fsp3) is 0.562. The standard InChI is InChI=1S/C16H22ClNO3/c17-12-5-4-6-13(11-12)21-10-9-16(20)18-14-7-2-1-3-8-15(14)19/h4-6,11,14-15,19H,1-3,7-10H2,(H,18,20). The molecule has 0 aromatic heterocycles. The van der Waals surface area contributed by atoms with Crippen molar-refractivity contribution < 1.29 is 14.6 Å². The van der Waals surface area contributed by atoms with Gasteiger partial charge in [-0.2, -0.15) is 0 Å². The number of nitrogens with one attached hydrogen (secondary N) is 1. The summed E-state index contributed by atoms with van der Waals surface area (Å²) in [5.41, 5.74) is 0. The molecule has 0 spiro atoms. The maximum atomic E-state index is 11.9. The van der Waals surface area contributed by atoms with E-state index >= 15 is 0 Å². The molecule has 0 heterocycles. The Morgan fingerprint density at radius 2 is 2.14 bits per heavy atom. The van der Waals surface area contributed by atoms with E-state index < -0.39 is 6.10 Å². The molecule has 2 unspecified atom stereocenters. The average molecular weight is 312 g/mol. The van der Waals surface area contributed by atoms with E-state index in [1.165, 1.54) is 0 Å². The van der Waals surface area contributed by atoms with Gasteiger partial charge in [0.25, 0.3) is 0 Å². The number of amides is 1. The van der Waals surface area contributed by atoms with Gasteiger partial charge in [0.05, 0.1) is 25.2 Å². The average Bonchev–Trinajstić information content (AvgIpc) is 2.64. The maximum Gasteiger partial charge on any atom is 0.223 e. The van der Waals surface area contributed by atoms with Crippen LogP contribution in [0.15, 0.2) is 24.3 Å². The summed E-state index contributed by atoms with van der Waals surface area (Å²) in [5, 5.41) is 13.5. The first-order valence-corrected chi connectivity index (χ1v) is 7.89. The van der Waals surface area contributed by atoms with Gasteiger partial charge in [-0.05, 0) is 31.0 Å². The summed E-state index contributed by atoms with van der Waals surface area (Å²) in [6, 6.07) is 6.98. The van der Waals surface area contributed by atoms with E-state index in [4.69, 9.17) is 16.3 Å². The molecule has 1 fully saturated rings. The molecule has 2 atom stereocenters. The van der Waals surface area contributed by atoms with E-state index in [1.807, 2.05) is 0 Å². The van der Waals surface area contributed by atoms with Crippen LogP contribution in [0.4, 0.5) is 0 Å². The van der Waals surface area contributed by atoms with Crippen LogP contribution in [0, 0.1) is 0 Å². The Morgan fingerprint density at radius 1 is 1.33 bits per heavy atom. The largest absolute Gasteiger partial charge is 0.493 e. The van der Waals surface area contributed by atoms with Gasteiger partial charge in [0.15, 0.2) is 0 Å². The van der Waals surface area contributed by atoms with E-state index in [1.54, 1.807) is 24.3 Å². The summed E-state index contributed by atoms with van der Waals surface area (Å²) >= 11 is 5.86. The highest BCUT2D eigenvalue weighted by Gasteiger charge is 2.22. The summed E-state index contributed by atoms with van der Waals surface area (Å²) in [6.07, 6.45) is 4.68. The van der Waals surface area contributed by atoms with E-state index in [-0.39, 0.29) is 18.4 Å². The second-order valence-electron chi connectivity index (χ2n) is 5.44. The minimum atomic E-state index is -0.426. The van der Waals surface area contributed by atoms with Gasteiger partial charge in [0.2, 0.25) is 5.91 Å². The zero-order chi connectivity index (χ0) is 15.1.